The molecule has 0 aliphatic rings. The first-order chi connectivity index (χ1) is 41.6. The third kappa shape index (κ3) is 17.5. The Hall–Kier alpha value is -5.30. The fraction of sp³-hybridized carbons (Fsp3) is 0.513. The van der Waals surface area contributed by atoms with E-state index in [0.717, 1.165) is 24.7 Å². The van der Waals surface area contributed by atoms with Gasteiger partial charge in [0.15, 0.2) is 0 Å². The van der Waals surface area contributed by atoms with Crippen LogP contribution in [0.15, 0.2) is 109 Å². The monoisotopic (exact) mass is 1160 g/mol. The molecule has 5 aromatic carbocycles. The average molecular weight is 1170 g/mol. The van der Waals surface area contributed by atoms with E-state index < -0.39 is 0 Å². The summed E-state index contributed by atoms with van der Waals surface area (Å²) in [6, 6.07) is 40.3. The zero-order chi connectivity index (χ0) is 58.0. The maximum atomic E-state index is 7.55. The van der Waals surface area contributed by atoms with Gasteiger partial charge in [0.05, 0.1) is 44.7 Å². The molecule has 0 bridgehead atoms. The number of benzene rings is 5. The summed E-state index contributed by atoms with van der Waals surface area (Å²) in [5.74, 6) is 3.15. The highest BCUT2D eigenvalue weighted by Crippen LogP contribution is 2.51. The first-order valence-electron chi connectivity index (χ1n) is 34.2. The van der Waals surface area contributed by atoms with Gasteiger partial charge in [-0.1, -0.05) is 280 Å². The van der Waals surface area contributed by atoms with E-state index in [-0.39, 0.29) is 0 Å². The molecule has 2 unspecified atom stereocenters. The van der Waals surface area contributed by atoms with Crippen LogP contribution in [0.5, 0.6) is 11.5 Å². The smallest absolute Gasteiger partial charge is 0.146 e. The summed E-state index contributed by atoms with van der Waals surface area (Å²) in [4.78, 5) is 2.44. The molecule has 4 heterocycles. The highest BCUT2D eigenvalue weighted by molar-refractivity contribution is 7.22. The molecule has 0 N–H and O–H groups in total. The van der Waals surface area contributed by atoms with Crippen molar-refractivity contribution in [2.45, 2.75) is 233 Å². The van der Waals surface area contributed by atoms with E-state index in [1.807, 2.05) is 22.7 Å². The second kappa shape index (κ2) is 34.7. The lowest BCUT2D eigenvalue weighted by atomic mass is 9.94. The van der Waals surface area contributed by atoms with Crippen LogP contribution in [-0.2, 0) is 0 Å². The minimum atomic E-state index is 0.527. The summed E-state index contributed by atoms with van der Waals surface area (Å²) >= 11 is 3.77. The minimum absolute atomic E-state index is 0.527. The molecular formula is C78H104N2O2S2. The predicted molar refractivity (Wildman–Crippen MR) is 375 cm³/mol. The summed E-state index contributed by atoms with van der Waals surface area (Å²) in [5, 5.41) is 7.54. The molecule has 9 rings (SSSR count). The number of rotatable bonds is 42. The van der Waals surface area contributed by atoms with Gasteiger partial charge in [0, 0.05) is 54.5 Å². The molecule has 4 aromatic heterocycles. The van der Waals surface area contributed by atoms with Crippen LogP contribution in [0.3, 0.4) is 0 Å². The lowest BCUT2D eigenvalue weighted by molar-refractivity contribution is 0.225. The number of hydrogen-bond donors (Lipinski definition) is 0. The number of aromatic nitrogens is 2. The number of hydrogen-bond acceptors (Lipinski definition) is 4. The molecule has 0 aliphatic heterocycles. The van der Waals surface area contributed by atoms with Crippen molar-refractivity contribution < 1.29 is 9.47 Å². The van der Waals surface area contributed by atoms with Crippen molar-refractivity contribution in [3.63, 3.8) is 0 Å². The number of thiophene rings is 2. The van der Waals surface area contributed by atoms with E-state index in [4.69, 9.17) is 9.47 Å². The standard InChI is InChI=1S/C78H104N2O2S2/c1-5-9-13-17-21-23-27-31-43-61(41-29-25-19-15-11-7-3)59-81-75-69-57-63(53-55-79-71-49-37-33-45-65(71)66-46-34-38-50-72(66)79)84-78(69)76(82-60-62(42-30-26-20-16-12-8-4)44-32-28-24-22-18-14-10-6-2)70-58-64(83-77(70)75)54-56-80-73-51-39-35-47-67(73)68-48-36-40-52-74(68)80/h33-40,45-58,61-62H,5-32,41-44,59-60H2,1-4H3/b55-53+,56-54+. The largest absolute Gasteiger partial charge is 0.491 e. The Balaban J connectivity index is 1.10. The van der Waals surface area contributed by atoms with Crippen molar-refractivity contribution in [2.75, 3.05) is 13.2 Å². The average Bonchev–Trinajstić information content (AvgIpc) is 1.97. The molecule has 0 saturated carbocycles. The van der Waals surface area contributed by atoms with Gasteiger partial charge < -0.3 is 18.6 Å². The summed E-state index contributed by atoms with van der Waals surface area (Å²) in [5.41, 5.74) is 4.91. The Morgan fingerprint density at radius 3 is 0.881 bits per heavy atom. The molecule has 0 aliphatic carbocycles. The Morgan fingerprint density at radius 1 is 0.333 bits per heavy atom. The maximum Gasteiger partial charge on any atom is 0.146 e. The highest BCUT2D eigenvalue weighted by Gasteiger charge is 2.24. The van der Waals surface area contributed by atoms with Gasteiger partial charge in [0.1, 0.15) is 11.5 Å². The molecule has 0 saturated heterocycles. The fourth-order valence-electron chi connectivity index (χ4n) is 13.3. The number of ether oxygens (including phenoxy) is 2. The van der Waals surface area contributed by atoms with Crippen molar-refractivity contribution >= 4 is 111 Å². The van der Waals surface area contributed by atoms with Crippen molar-refractivity contribution in [2.24, 2.45) is 11.8 Å². The van der Waals surface area contributed by atoms with Gasteiger partial charge in [0.2, 0.25) is 0 Å². The molecule has 0 amide bonds. The quantitative estimate of drug-likeness (QED) is 0.0357. The van der Waals surface area contributed by atoms with Gasteiger partial charge in [-0.3, -0.25) is 0 Å². The Kier molecular flexibility index (Phi) is 26.1. The van der Waals surface area contributed by atoms with Gasteiger partial charge in [-0.2, -0.15) is 0 Å². The number of fused-ring (bicyclic) bond motifs is 8. The van der Waals surface area contributed by atoms with Gasteiger partial charge in [-0.15, -0.1) is 22.7 Å². The normalized spacial score (nSPS) is 13.0. The molecule has 450 valence electrons. The third-order valence-corrected chi connectivity index (χ3v) is 20.4. The molecule has 4 nitrogen and oxygen atoms in total. The first-order valence-corrected chi connectivity index (χ1v) is 35.8. The molecule has 0 radical (unpaired) electrons. The summed E-state index contributed by atoms with van der Waals surface area (Å²) in [6.45, 7) is 10.8. The fourth-order valence-corrected chi connectivity index (χ4v) is 15.4. The van der Waals surface area contributed by atoms with E-state index in [9.17, 15) is 0 Å². The second-order valence-electron chi connectivity index (χ2n) is 24.9. The van der Waals surface area contributed by atoms with E-state index in [1.54, 1.807) is 0 Å². The molecule has 0 spiro atoms. The van der Waals surface area contributed by atoms with Gasteiger partial charge in [-0.25, -0.2) is 0 Å². The molecule has 84 heavy (non-hydrogen) atoms. The predicted octanol–water partition coefficient (Wildman–Crippen LogP) is 26.1. The minimum Gasteiger partial charge on any atom is -0.491 e. The van der Waals surface area contributed by atoms with Crippen LogP contribution in [0.2, 0.25) is 0 Å². The number of unbranched alkanes of at least 4 members (excludes halogenated alkanes) is 24. The third-order valence-electron chi connectivity index (χ3n) is 18.2. The van der Waals surface area contributed by atoms with Crippen LogP contribution >= 0.6 is 22.7 Å². The van der Waals surface area contributed by atoms with Crippen molar-refractivity contribution in [1.82, 2.24) is 9.13 Å². The van der Waals surface area contributed by atoms with Gasteiger partial charge in [0.25, 0.3) is 0 Å². The molecule has 9 aromatic rings. The molecule has 2 atom stereocenters. The Labute approximate surface area is 515 Å². The van der Waals surface area contributed by atoms with Crippen LogP contribution < -0.4 is 9.47 Å². The van der Waals surface area contributed by atoms with Crippen LogP contribution in [0.4, 0.5) is 0 Å². The lowest BCUT2D eigenvalue weighted by Crippen LogP contribution is -2.14. The zero-order valence-electron chi connectivity index (χ0n) is 52.4. The molecule has 0 fully saturated rings. The van der Waals surface area contributed by atoms with E-state index in [1.165, 1.54) is 279 Å². The highest BCUT2D eigenvalue weighted by atomic mass is 32.1. The topological polar surface area (TPSA) is 28.3 Å². The van der Waals surface area contributed by atoms with Crippen LogP contribution in [0.1, 0.15) is 243 Å². The SMILES string of the molecule is CCCCCCCCCCC(CCCCCCCC)COc1c2cc(/C=C/n3c4ccccc4c4ccccc43)sc2c(OCC(CCCCCCCC)CCCCCCCCCC)c2cc(/C=C/n3c4ccccc4c4ccccc43)sc12. The Bertz CT molecular complexity index is 3030. The number of para-hydroxylation sites is 4. The second-order valence-corrected chi connectivity index (χ2v) is 27.0. The Morgan fingerprint density at radius 2 is 0.595 bits per heavy atom. The van der Waals surface area contributed by atoms with Crippen molar-refractivity contribution in [3.8, 4) is 11.5 Å². The van der Waals surface area contributed by atoms with E-state index in [0.29, 0.717) is 11.8 Å². The zero-order valence-corrected chi connectivity index (χ0v) is 54.1. The van der Waals surface area contributed by atoms with Crippen molar-refractivity contribution in [1.29, 1.82) is 0 Å². The van der Waals surface area contributed by atoms with Crippen molar-refractivity contribution in [3.05, 3.63) is 119 Å². The molecule has 6 heteroatoms. The summed E-state index contributed by atoms with van der Waals surface area (Å²) in [7, 11) is 0. The van der Waals surface area contributed by atoms with Crippen LogP contribution in [0, 0.1) is 11.8 Å². The van der Waals surface area contributed by atoms with Crippen LogP contribution in [0.25, 0.3) is 88.3 Å². The van der Waals surface area contributed by atoms with Crippen LogP contribution in [-0.4, -0.2) is 22.3 Å². The van der Waals surface area contributed by atoms with Gasteiger partial charge >= 0.3 is 0 Å². The maximum absolute atomic E-state index is 7.55. The van der Waals surface area contributed by atoms with E-state index >= 15 is 0 Å². The number of nitrogens with zero attached hydrogens (tertiary/aromatic N) is 2. The summed E-state index contributed by atoms with van der Waals surface area (Å²) in [6.07, 6.45) is 51.8. The lowest BCUT2D eigenvalue weighted by Gasteiger charge is -2.21. The van der Waals surface area contributed by atoms with Gasteiger partial charge in [-0.05, 0) is 86.1 Å². The summed E-state index contributed by atoms with van der Waals surface area (Å²) < 4.78 is 22.3. The molecular weight excluding hydrogens is 1060 g/mol. The van der Waals surface area contributed by atoms with E-state index in [2.05, 4.69) is 171 Å². The first kappa shape index (κ1) is 63.2.